The van der Waals surface area contributed by atoms with Crippen LogP contribution in [0.2, 0.25) is 0 Å². The summed E-state index contributed by atoms with van der Waals surface area (Å²) in [6.07, 6.45) is 30.7. The zero-order valence-corrected chi connectivity index (χ0v) is 64.2. The van der Waals surface area contributed by atoms with Crippen LogP contribution in [0.1, 0.15) is 242 Å². The third kappa shape index (κ3) is 15.8. The molecule has 2 aliphatic rings. The fraction of sp³-hybridized carbons (Fsp3) is 0.353. The van der Waals surface area contributed by atoms with Gasteiger partial charge >= 0.3 is 0 Å². The van der Waals surface area contributed by atoms with Crippen molar-refractivity contribution >= 4 is 28.4 Å². The molecule has 0 bridgehead atoms. The molecule has 534 valence electrons. The Morgan fingerprint density at radius 3 is 0.981 bits per heavy atom. The van der Waals surface area contributed by atoms with E-state index in [1.54, 1.807) is 11.1 Å². The summed E-state index contributed by atoms with van der Waals surface area (Å²) in [5.41, 5.74) is 31.3. The van der Waals surface area contributed by atoms with Gasteiger partial charge in [-0.3, -0.25) is 0 Å². The molecule has 11 aromatic carbocycles. The van der Waals surface area contributed by atoms with E-state index >= 15 is 0 Å². The van der Waals surface area contributed by atoms with Crippen LogP contribution in [-0.4, -0.2) is 0 Å². The molecule has 0 aliphatic heterocycles. The van der Waals surface area contributed by atoms with Gasteiger partial charge in [0.25, 0.3) is 0 Å². The molecule has 0 spiro atoms. The molecule has 1 atom stereocenters. The minimum Gasteiger partial charge on any atom is -0.356 e. The van der Waals surface area contributed by atoms with Gasteiger partial charge in [0, 0.05) is 44.7 Å². The summed E-state index contributed by atoms with van der Waals surface area (Å²) in [5, 5.41) is 3.88. The zero-order valence-electron chi connectivity index (χ0n) is 64.2. The lowest BCUT2D eigenvalue weighted by molar-refractivity contribution is 0.399. The lowest BCUT2D eigenvalue weighted by Gasteiger charge is -2.35. The van der Waals surface area contributed by atoms with Crippen LogP contribution in [-0.2, 0) is 16.2 Å². The number of hydrogen-bond donors (Lipinski definition) is 1. The molecule has 0 amide bonds. The summed E-state index contributed by atoms with van der Waals surface area (Å²) in [5.74, 6) is 0.389. The van der Waals surface area contributed by atoms with Gasteiger partial charge < -0.3 is 10.2 Å². The second-order valence-electron chi connectivity index (χ2n) is 31.5. The van der Waals surface area contributed by atoms with Gasteiger partial charge in [-0.25, -0.2) is 0 Å². The van der Waals surface area contributed by atoms with Crippen LogP contribution in [0.25, 0.3) is 66.8 Å². The molecule has 1 unspecified atom stereocenters. The van der Waals surface area contributed by atoms with Gasteiger partial charge in [-0.15, -0.1) is 0 Å². The molecule has 1 N–H and O–H groups in total. The second kappa shape index (κ2) is 34.3. The molecule has 2 heteroatoms. The Bertz CT molecular complexity index is 4500. The van der Waals surface area contributed by atoms with E-state index in [2.05, 4.69) is 320 Å². The van der Waals surface area contributed by atoms with Gasteiger partial charge in [0.1, 0.15) is 0 Å². The maximum atomic E-state index is 3.88. The first-order valence-electron chi connectivity index (χ1n) is 40.7. The van der Waals surface area contributed by atoms with Crippen molar-refractivity contribution in [1.82, 2.24) is 0 Å². The van der Waals surface area contributed by atoms with E-state index in [1.807, 2.05) is 0 Å². The molecule has 0 fully saturated rings. The minimum absolute atomic E-state index is 0.0298. The van der Waals surface area contributed by atoms with E-state index in [4.69, 9.17) is 0 Å². The van der Waals surface area contributed by atoms with Crippen LogP contribution in [0.5, 0.6) is 0 Å². The number of nitrogens with one attached hydrogen (secondary N) is 1. The molecule has 2 nitrogen and oxygen atoms in total. The lowest BCUT2D eigenvalue weighted by atomic mass is 9.68. The van der Waals surface area contributed by atoms with Crippen LogP contribution < -0.4 is 10.2 Å². The molecule has 2 aliphatic carbocycles. The van der Waals surface area contributed by atoms with Crippen molar-refractivity contribution in [1.29, 1.82) is 0 Å². The number of fused-ring (bicyclic) bond motifs is 6. The van der Waals surface area contributed by atoms with Crippen LogP contribution in [0.4, 0.5) is 28.4 Å². The van der Waals surface area contributed by atoms with E-state index in [1.165, 1.54) is 260 Å². The predicted octanol–water partition coefficient (Wildman–Crippen LogP) is 30.8. The largest absolute Gasteiger partial charge is 0.356 e. The highest BCUT2D eigenvalue weighted by atomic mass is 15.1. The SMILES string of the molecule is CCCCCCCC1(CCCCCCC)c2ccccc2-c2ccc(Nc3ccc(-c4ccc(-c5ccc(N(c6ccc(-c7ccc(C(C)(c8ccc(-c9ccc(C)cc9)cc8)C(C)C)cc7)cc6)c6ccc7c(c6)C(CCCCCCC)(CCCCCCC)c6ccccc6-7)cc5)cc4)cc3)cc21. The first-order chi connectivity index (χ1) is 51.0. The van der Waals surface area contributed by atoms with Gasteiger partial charge in [0.05, 0.1) is 0 Å². The van der Waals surface area contributed by atoms with Crippen LogP contribution in [0, 0.1) is 12.8 Å². The first kappa shape index (κ1) is 73.3. The van der Waals surface area contributed by atoms with E-state index in [-0.39, 0.29) is 16.2 Å². The number of unbranched alkanes of at least 4 members (excludes halogenated alkanes) is 16. The molecule has 13 rings (SSSR count). The Kier molecular flexibility index (Phi) is 24.2. The summed E-state index contributed by atoms with van der Waals surface area (Å²) in [6.45, 7) is 18.6. The number of hydrogen-bond acceptors (Lipinski definition) is 2. The maximum Gasteiger partial charge on any atom is 0.0465 e. The highest BCUT2D eigenvalue weighted by molar-refractivity contribution is 5.88. The summed E-state index contributed by atoms with van der Waals surface area (Å²) >= 11 is 0. The Hall–Kier alpha value is -8.98. The fourth-order valence-electron chi connectivity index (χ4n) is 18.0. The molecule has 0 heterocycles. The van der Waals surface area contributed by atoms with E-state index in [0.717, 1.165) is 17.1 Å². The smallest absolute Gasteiger partial charge is 0.0465 e. The molecule has 104 heavy (non-hydrogen) atoms. The lowest BCUT2D eigenvalue weighted by Crippen LogP contribution is -2.30. The first-order valence-corrected chi connectivity index (χ1v) is 40.7. The number of nitrogens with zero attached hydrogens (tertiary/aromatic N) is 1. The molecular weight excluding hydrogens is 1250 g/mol. The van der Waals surface area contributed by atoms with Crippen molar-refractivity contribution in [2.75, 3.05) is 10.2 Å². The quantitative estimate of drug-likeness (QED) is 0.0394. The van der Waals surface area contributed by atoms with Crippen molar-refractivity contribution in [3.63, 3.8) is 0 Å². The standard InChI is InChI=1S/C102H116N2/c1-9-13-17-21-29-69-101(70-30-22-18-14-10-2)96-35-27-25-33-92(96)94-67-61-88(73-98(94)101)103-87-59-49-82(50-60-87)78-41-43-79(44-42-78)83-51-62-89(63-52-83)104(91-66-68-95-93-34-26-28-36-97(93)102(99(95)74-91,71-31-23-19-15-11-3)72-32-24-20-16-12-4)90-64-53-84(54-65-90)81-47-57-86(58-48-81)100(8,75(5)6)85-55-45-80(46-56-85)77-39-37-76(7)38-40-77/h25-28,33-68,73-75,103H,9-24,29-32,69-72H2,1-8H3. The average molecular weight is 1370 g/mol. The third-order valence-corrected chi connectivity index (χ3v) is 24.4. The van der Waals surface area contributed by atoms with Crippen molar-refractivity contribution in [2.24, 2.45) is 5.92 Å². The molecule has 0 aromatic heterocycles. The Labute approximate surface area is 626 Å². The number of aryl methyl sites for hydroxylation is 1. The number of anilines is 5. The molecule has 0 saturated carbocycles. The van der Waals surface area contributed by atoms with Gasteiger partial charge in [0.2, 0.25) is 0 Å². The topological polar surface area (TPSA) is 15.3 Å². The highest BCUT2D eigenvalue weighted by Gasteiger charge is 2.44. The zero-order chi connectivity index (χ0) is 71.9. The second-order valence-corrected chi connectivity index (χ2v) is 31.5. The van der Waals surface area contributed by atoms with Gasteiger partial charge in [-0.1, -0.05) is 377 Å². The monoisotopic (exact) mass is 1370 g/mol. The van der Waals surface area contributed by atoms with Crippen molar-refractivity contribution < 1.29 is 0 Å². The average Bonchev–Trinajstić information content (AvgIpc) is 1.57. The van der Waals surface area contributed by atoms with Gasteiger partial charge in [-0.2, -0.15) is 0 Å². The summed E-state index contributed by atoms with van der Waals surface area (Å²) in [4.78, 5) is 2.52. The van der Waals surface area contributed by atoms with Crippen LogP contribution in [0.3, 0.4) is 0 Å². The minimum atomic E-state index is -0.160. The molecular formula is C102H116N2. The Balaban J connectivity index is 0.775. The summed E-state index contributed by atoms with van der Waals surface area (Å²) in [6, 6.07) is 98.2. The maximum absolute atomic E-state index is 3.88. The normalized spacial score (nSPS) is 13.7. The molecule has 0 saturated heterocycles. The highest BCUT2D eigenvalue weighted by Crippen LogP contribution is 2.57. The number of rotatable bonds is 36. The fourth-order valence-corrected chi connectivity index (χ4v) is 18.0. The van der Waals surface area contributed by atoms with Crippen molar-refractivity contribution in [3.05, 3.63) is 294 Å². The Morgan fingerprint density at radius 2 is 0.596 bits per heavy atom. The van der Waals surface area contributed by atoms with Crippen LogP contribution >= 0.6 is 0 Å². The van der Waals surface area contributed by atoms with E-state index in [9.17, 15) is 0 Å². The Morgan fingerprint density at radius 1 is 0.298 bits per heavy atom. The predicted molar refractivity (Wildman–Crippen MR) is 451 cm³/mol. The number of benzene rings is 11. The molecule has 11 aromatic rings. The van der Waals surface area contributed by atoms with E-state index in [0.29, 0.717) is 5.92 Å². The third-order valence-electron chi connectivity index (χ3n) is 24.4. The molecule has 0 radical (unpaired) electrons. The summed E-state index contributed by atoms with van der Waals surface area (Å²) in [7, 11) is 0. The van der Waals surface area contributed by atoms with Crippen molar-refractivity contribution in [2.45, 2.75) is 226 Å². The summed E-state index contributed by atoms with van der Waals surface area (Å²) < 4.78 is 0. The van der Waals surface area contributed by atoms with Gasteiger partial charge in [-0.05, 0) is 199 Å². The van der Waals surface area contributed by atoms with Crippen molar-refractivity contribution in [3.8, 4) is 66.8 Å². The van der Waals surface area contributed by atoms with Gasteiger partial charge in [0.15, 0.2) is 0 Å². The van der Waals surface area contributed by atoms with E-state index < -0.39 is 0 Å². The van der Waals surface area contributed by atoms with Crippen LogP contribution in [0.15, 0.2) is 255 Å².